The number of rotatable bonds is 2. The first-order chi connectivity index (χ1) is 13.3. The molecular weight excluding hydrogens is 573 g/mol. The van der Waals surface area contributed by atoms with Crippen molar-refractivity contribution in [3.8, 4) is 0 Å². The molecule has 0 spiro atoms. The number of aliphatic hydroxyl groups is 3. The minimum Gasteiger partial charge on any atom is -0.394 e. The number of imidazole rings is 1. The number of ether oxygens (including phenoxy) is 1. The molecule has 2 aromatic heterocycles. The van der Waals surface area contributed by atoms with Crippen molar-refractivity contribution in [1.29, 1.82) is 0 Å². The first-order valence-corrected chi connectivity index (χ1v) is 11.6. The Balaban J connectivity index is 0.000000236. The van der Waals surface area contributed by atoms with Crippen LogP contribution >= 0.6 is 12.2 Å². The zero-order chi connectivity index (χ0) is 20.4. The number of aromatic nitrogens is 4. The summed E-state index contributed by atoms with van der Waals surface area (Å²) in [4.78, 5) is 9.63. The maximum atomic E-state index is 10.0. The van der Waals surface area contributed by atoms with E-state index in [0.717, 1.165) is 31.8 Å². The van der Waals surface area contributed by atoms with Crippen LogP contribution in [-0.2, 0) is 30.9 Å². The predicted octanol–water partition coefficient (Wildman–Crippen LogP) is -1.46. The summed E-state index contributed by atoms with van der Waals surface area (Å²) in [6, 6.07) is 8.06. The zero-order valence-electron chi connectivity index (χ0n) is 14.8. The second-order valence-electron chi connectivity index (χ2n) is 6.30. The number of nitrogen functional groups attached to an aromatic ring is 2. The Hall–Kier alpha value is -1.63. The topological polar surface area (TPSA) is 170 Å². The summed E-state index contributed by atoms with van der Waals surface area (Å²) >= 11 is 5.83. The molecule has 0 saturated carbocycles. The first kappa shape index (κ1) is 21.1. The summed E-state index contributed by atoms with van der Waals surface area (Å²) in [6.07, 6.45) is -2.56. The van der Waals surface area contributed by atoms with Crippen LogP contribution in [-0.4, -0.2) is 55.2 Å². The number of fused-ring (bicyclic) bond motifs is 1. The third-order valence-electron chi connectivity index (χ3n) is 4.30. The maximum absolute atomic E-state index is 10.0. The average Bonchev–Trinajstić information content (AvgIpc) is 3.20. The number of nitrogens with one attached hydrogen (secondary N) is 2. The van der Waals surface area contributed by atoms with Crippen LogP contribution < -0.4 is 19.1 Å². The van der Waals surface area contributed by atoms with E-state index < -0.39 is 31.1 Å². The molecule has 1 aliphatic rings. The molecule has 145 valence electrons. The van der Waals surface area contributed by atoms with E-state index in [1.807, 2.05) is 12.1 Å². The number of aliphatic hydroxyl groups excluding tert-OH is 3. The van der Waals surface area contributed by atoms with Crippen LogP contribution in [0.2, 0.25) is 0 Å². The van der Waals surface area contributed by atoms with E-state index >= 15 is 0 Å². The molecule has 1 aliphatic heterocycles. The van der Waals surface area contributed by atoms with Crippen LogP contribution in [0.1, 0.15) is 6.23 Å². The van der Waals surface area contributed by atoms with Gasteiger partial charge in [-0.2, -0.15) is 4.98 Å². The molecule has 9 N–H and O–H groups in total. The Morgan fingerprint density at radius 1 is 1.21 bits per heavy atom. The summed E-state index contributed by atoms with van der Waals surface area (Å²) in [5, 5.41) is 28.9. The molecule has 0 bridgehead atoms. The average molecular weight is 593 g/mol. The van der Waals surface area contributed by atoms with E-state index in [0.29, 0.717) is 11.2 Å². The van der Waals surface area contributed by atoms with Gasteiger partial charge in [-0.05, 0) is 0 Å². The number of nitrogens with zero attached hydrogens (tertiary/aromatic N) is 2. The molecule has 1 aromatic carbocycles. The van der Waals surface area contributed by atoms with Gasteiger partial charge in [0, 0.05) is 0 Å². The smallest absolute Gasteiger partial charge is 0.273 e. The Bertz CT molecular complexity index is 990. The van der Waals surface area contributed by atoms with E-state index in [4.69, 9.17) is 33.5 Å². The van der Waals surface area contributed by atoms with Gasteiger partial charge in [-0.3, -0.25) is 4.98 Å². The van der Waals surface area contributed by atoms with E-state index in [-0.39, 0.29) is 10.6 Å². The van der Waals surface area contributed by atoms with Crippen LogP contribution in [0.5, 0.6) is 0 Å². The molecule has 3 heterocycles. The van der Waals surface area contributed by atoms with Gasteiger partial charge < -0.3 is 25.8 Å². The number of benzene rings is 1. The minimum atomic E-state index is -1.19. The largest absolute Gasteiger partial charge is 0.394 e. The van der Waals surface area contributed by atoms with Gasteiger partial charge in [0.05, 0.1) is 6.61 Å². The van der Waals surface area contributed by atoms with Gasteiger partial charge in [-0.25, -0.2) is 9.55 Å². The van der Waals surface area contributed by atoms with Crippen molar-refractivity contribution in [2.24, 2.45) is 0 Å². The quantitative estimate of drug-likeness (QED) is 0.0820. The van der Waals surface area contributed by atoms with Crippen molar-refractivity contribution in [2.45, 2.75) is 24.5 Å². The van der Waals surface area contributed by atoms with Crippen LogP contribution in [0.15, 0.2) is 30.6 Å². The second kappa shape index (κ2) is 8.80. The van der Waals surface area contributed by atoms with Crippen molar-refractivity contribution < 1.29 is 50.7 Å². The van der Waals surface area contributed by atoms with Crippen LogP contribution in [0, 0.1) is 4.64 Å². The normalized spacial score (nSPS) is 24.2. The van der Waals surface area contributed by atoms with E-state index in [1.165, 1.54) is 14.0 Å². The van der Waals surface area contributed by atoms with Crippen LogP contribution in [0.25, 0.3) is 11.2 Å². The molecule has 0 amide bonds. The monoisotopic (exact) mass is 594 g/mol. The van der Waals surface area contributed by atoms with Gasteiger partial charge in [0.25, 0.3) is 11.6 Å². The van der Waals surface area contributed by atoms with Crippen molar-refractivity contribution in [2.75, 3.05) is 18.1 Å². The fourth-order valence-electron chi connectivity index (χ4n) is 2.83. The predicted molar refractivity (Wildman–Crippen MR) is 99.4 cm³/mol. The Kier molecular flexibility index (Phi) is 6.63. The molecular formula is C16H20HgN6O4S+. The standard InChI is InChI=1S/C10H13N5O4S.C6H6N.Hg/c11-10-13-7-4(8(20)14-10)12-2-15(7)9-6(18)5(17)3(1-16)19-9;7-6-4-2-1-3-5-6;/h2-3,5-6,9,16-18H,1H2,(H3,11,13,14,20);2-5H,7H2;/p+1/t3-,5-,6+,9+;;/m1../s1. The molecule has 0 unspecified atom stereocenters. The molecule has 3 aromatic rings. The van der Waals surface area contributed by atoms with Gasteiger partial charge in [0.2, 0.25) is 11.7 Å². The van der Waals surface area contributed by atoms with Crippen molar-refractivity contribution in [3.05, 3.63) is 35.2 Å². The number of hydrogen-bond donors (Lipinski definition) is 7. The van der Waals surface area contributed by atoms with E-state index in [1.54, 1.807) is 0 Å². The van der Waals surface area contributed by atoms with Gasteiger partial charge in [0.15, 0.2) is 11.0 Å². The molecule has 1 fully saturated rings. The molecule has 28 heavy (non-hydrogen) atoms. The Labute approximate surface area is 181 Å². The number of anilines is 2. The van der Waals surface area contributed by atoms with E-state index in [2.05, 4.69) is 27.1 Å². The molecule has 0 aliphatic carbocycles. The number of hydrogen-bond acceptors (Lipinski definition) is 8. The van der Waals surface area contributed by atoms with Gasteiger partial charge in [-0.15, -0.1) is 0 Å². The Morgan fingerprint density at radius 2 is 1.89 bits per heavy atom. The summed E-state index contributed by atoms with van der Waals surface area (Å²) in [5.41, 5.74) is 12.9. The molecule has 4 rings (SSSR count). The number of nitrogens with two attached hydrogens (primary N) is 2. The van der Waals surface area contributed by atoms with Gasteiger partial charge >= 0.3 is 64.9 Å². The van der Waals surface area contributed by atoms with Crippen LogP contribution in [0.4, 0.5) is 11.6 Å². The minimum absolute atomic E-state index is 0.127. The van der Waals surface area contributed by atoms with Crippen LogP contribution in [0.3, 0.4) is 0 Å². The number of H-pyrrole nitrogens is 2. The fourth-order valence-corrected chi connectivity index (χ4v) is 4.00. The van der Waals surface area contributed by atoms with Crippen molar-refractivity contribution in [3.63, 3.8) is 0 Å². The molecule has 10 nitrogen and oxygen atoms in total. The molecule has 1 saturated heterocycles. The zero-order valence-corrected chi connectivity index (χ0v) is 21.1. The van der Waals surface area contributed by atoms with Crippen molar-refractivity contribution in [1.82, 2.24) is 15.0 Å². The fraction of sp³-hybridized carbons (Fsp3) is 0.312. The SMILES string of the molecule is Nc1cc[c]([Hg])cc1.Nc1nc(=S)c2[nH]c[n+]([C@H]3O[C@H](CO)[C@@H](O)[C@@H]3O)c2[nH]1. The summed E-state index contributed by atoms with van der Waals surface area (Å²) in [5.74, 6) is 0.127. The summed E-state index contributed by atoms with van der Waals surface area (Å²) in [6.45, 7) is -0.392. The number of aromatic amines is 2. The summed E-state index contributed by atoms with van der Waals surface area (Å²) < 4.78 is 8.69. The second-order valence-corrected chi connectivity index (χ2v) is 9.86. The van der Waals surface area contributed by atoms with Gasteiger partial charge in [0.1, 0.15) is 18.3 Å². The van der Waals surface area contributed by atoms with Crippen molar-refractivity contribution >= 4 is 38.1 Å². The molecule has 0 radical (unpaired) electrons. The van der Waals surface area contributed by atoms with E-state index in [9.17, 15) is 10.2 Å². The third kappa shape index (κ3) is 4.34. The first-order valence-electron chi connectivity index (χ1n) is 8.39. The Morgan fingerprint density at radius 3 is 2.46 bits per heavy atom. The summed E-state index contributed by atoms with van der Waals surface area (Å²) in [7, 11) is 0. The third-order valence-corrected chi connectivity index (χ3v) is 6.42. The van der Waals surface area contributed by atoms with Gasteiger partial charge in [-0.1, -0.05) is 12.2 Å². The maximum Gasteiger partial charge on any atom is 0.273 e. The molecule has 12 heteroatoms. The molecule has 4 atom stereocenters.